The van der Waals surface area contributed by atoms with E-state index in [9.17, 15) is 34.8 Å². The van der Waals surface area contributed by atoms with Crippen LogP contribution >= 0.6 is 0 Å². The summed E-state index contributed by atoms with van der Waals surface area (Å²) >= 11 is 0. The Labute approximate surface area is 394 Å². The number of carbonyl (C=O) groups excluding carboxylic acids is 1. The molecule has 68 heavy (non-hydrogen) atoms. The molecule has 0 bridgehead atoms. The summed E-state index contributed by atoms with van der Waals surface area (Å²) in [6.45, 7) is 3.84. The summed E-state index contributed by atoms with van der Waals surface area (Å²) in [6.07, 6.45) is 1.72. The fourth-order valence-electron chi connectivity index (χ4n) is 9.00. The Morgan fingerprint density at radius 1 is 0.809 bits per heavy atom. The van der Waals surface area contributed by atoms with E-state index >= 15 is 0 Å². The number of hydrogen-bond acceptors (Lipinski definition) is 10. The van der Waals surface area contributed by atoms with Crippen LogP contribution in [0.25, 0.3) is 10.9 Å². The van der Waals surface area contributed by atoms with Crippen LogP contribution in [0.1, 0.15) is 73.8 Å². The highest BCUT2D eigenvalue weighted by Gasteiger charge is 2.42. The standard InChI is InChI=1S/C55H56N4O9/c1-67-50-29-40(31-56-33-49(61)44-20-22-48(60)52-45(44)21-23-51(62)58-52)18-19-46(50)53(63)57-32-37-14-16-39(17-15-37)35-68-43-12-7-11-42(30-43)55(66,54(64)65)47-13-6-5-10-41(47)28-36-24-26-59(27-25-36)34-38-8-3-2-4-9-38/h2-23,29-30,36,49,56,60-61,66H,24-28,31-35H2,1H3,(H,57,63)(H,58,62)(H,64,65)/t49-,55-/m0/s1. The molecule has 0 unspecified atom stereocenters. The van der Waals surface area contributed by atoms with Crippen LogP contribution in [0.4, 0.5) is 0 Å². The highest BCUT2D eigenvalue weighted by molar-refractivity contribution is 5.97. The van der Waals surface area contributed by atoms with Crippen LogP contribution in [0, 0.1) is 5.92 Å². The number of ether oxygens (including phenoxy) is 2. The zero-order valence-electron chi connectivity index (χ0n) is 37.9. The average Bonchev–Trinajstić information content (AvgIpc) is 3.36. The van der Waals surface area contributed by atoms with E-state index in [2.05, 4.69) is 44.8 Å². The Bertz CT molecular complexity index is 2920. The maximum atomic E-state index is 13.3. The summed E-state index contributed by atoms with van der Waals surface area (Å²) in [4.78, 5) is 43.1. The molecule has 2 heterocycles. The number of aromatic hydroxyl groups is 1. The number of amides is 1. The van der Waals surface area contributed by atoms with Gasteiger partial charge in [-0.1, -0.05) is 103 Å². The molecule has 1 aromatic heterocycles. The lowest BCUT2D eigenvalue weighted by Gasteiger charge is -2.33. The molecule has 0 spiro atoms. The fourth-order valence-corrected chi connectivity index (χ4v) is 9.00. The number of H-pyrrole nitrogens is 1. The number of aromatic amines is 1. The topological polar surface area (TPSA) is 194 Å². The number of piperidine rings is 1. The van der Waals surface area contributed by atoms with Crippen molar-refractivity contribution in [2.45, 2.75) is 57.2 Å². The van der Waals surface area contributed by atoms with Crippen LogP contribution in [-0.2, 0) is 43.1 Å². The number of methoxy groups -OCH3 is 1. The van der Waals surface area contributed by atoms with Crippen LogP contribution in [-0.4, -0.2) is 68.9 Å². The maximum Gasteiger partial charge on any atom is 0.345 e. The summed E-state index contributed by atoms with van der Waals surface area (Å²) < 4.78 is 11.7. The van der Waals surface area contributed by atoms with Crippen LogP contribution in [0.5, 0.6) is 17.2 Å². The van der Waals surface area contributed by atoms with Gasteiger partial charge in [0.05, 0.1) is 24.3 Å². The number of carbonyl (C=O) groups is 2. The first kappa shape index (κ1) is 47.2. The van der Waals surface area contributed by atoms with Gasteiger partial charge in [0.2, 0.25) is 11.2 Å². The summed E-state index contributed by atoms with van der Waals surface area (Å²) in [7, 11) is 1.50. The number of pyridine rings is 1. The van der Waals surface area contributed by atoms with Gasteiger partial charge in [-0.2, -0.15) is 0 Å². The molecule has 7 aromatic rings. The van der Waals surface area contributed by atoms with Gasteiger partial charge in [-0.15, -0.1) is 0 Å². The Balaban J connectivity index is 0.831. The molecule has 13 nitrogen and oxygen atoms in total. The molecular formula is C55H56N4O9. The molecule has 7 N–H and O–H groups in total. The number of nitrogens with one attached hydrogen (secondary N) is 3. The lowest BCUT2D eigenvalue weighted by atomic mass is 9.80. The van der Waals surface area contributed by atoms with Gasteiger partial charge >= 0.3 is 5.97 Å². The van der Waals surface area contributed by atoms with Gasteiger partial charge in [0.25, 0.3) is 5.91 Å². The predicted molar refractivity (Wildman–Crippen MR) is 260 cm³/mol. The van der Waals surface area contributed by atoms with E-state index in [4.69, 9.17) is 9.47 Å². The van der Waals surface area contributed by atoms with Gasteiger partial charge in [-0.05, 0) is 108 Å². The number of carboxylic acid groups (broad SMARTS) is 1. The van der Waals surface area contributed by atoms with Crippen molar-refractivity contribution in [2.24, 2.45) is 5.92 Å². The van der Waals surface area contributed by atoms with Crippen molar-refractivity contribution in [3.63, 3.8) is 0 Å². The van der Waals surface area contributed by atoms with Crippen LogP contribution in [0.15, 0.2) is 150 Å². The zero-order valence-corrected chi connectivity index (χ0v) is 37.9. The van der Waals surface area contributed by atoms with E-state index in [1.54, 1.807) is 60.7 Å². The third kappa shape index (κ3) is 11.1. The number of rotatable bonds is 19. The number of aromatic nitrogens is 1. The van der Waals surface area contributed by atoms with Gasteiger partial charge < -0.3 is 45.5 Å². The van der Waals surface area contributed by atoms with Gasteiger partial charge in [-0.25, -0.2) is 4.79 Å². The van der Waals surface area contributed by atoms with E-state index in [0.29, 0.717) is 52.5 Å². The summed E-state index contributed by atoms with van der Waals surface area (Å²) in [5.74, 6) is -0.584. The van der Waals surface area contributed by atoms with Crippen molar-refractivity contribution in [1.82, 2.24) is 20.5 Å². The number of hydrogen-bond donors (Lipinski definition) is 7. The van der Waals surface area contributed by atoms with E-state index in [1.807, 2.05) is 48.5 Å². The maximum absolute atomic E-state index is 13.3. The minimum atomic E-state index is -2.29. The lowest BCUT2D eigenvalue weighted by molar-refractivity contribution is -0.155. The number of aliphatic carboxylic acids is 1. The normalized spacial score (nSPS) is 14.5. The summed E-state index contributed by atoms with van der Waals surface area (Å²) in [5, 5.41) is 50.5. The van der Waals surface area contributed by atoms with Crippen LogP contribution in [0.3, 0.4) is 0 Å². The zero-order chi connectivity index (χ0) is 47.6. The molecule has 1 aliphatic heterocycles. The number of carboxylic acids is 1. The van der Waals surface area contributed by atoms with Gasteiger partial charge in [0.15, 0.2) is 0 Å². The second-order valence-corrected chi connectivity index (χ2v) is 17.4. The number of likely N-dealkylation sites (tertiary alicyclic amines) is 1. The van der Waals surface area contributed by atoms with Crippen molar-refractivity contribution in [3.8, 4) is 17.2 Å². The first-order valence-corrected chi connectivity index (χ1v) is 22.8. The van der Waals surface area contributed by atoms with Crippen molar-refractivity contribution in [1.29, 1.82) is 0 Å². The smallest absolute Gasteiger partial charge is 0.345 e. The molecule has 8 rings (SSSR count). The Kier molecular flexibility index (Phi) is 15.0. The van der Waals surface area contributed by atoms with Gasteiger partial charge in [-0.3, -0.25) is 14.5 Å². The molecule has 350 valence electrons. The number of aliphatic hydroxyl groups is 2. The highest BCUT2D eigenvalue weighted by Crippen LogP contribution is 2.37. The lowest BCUT2D eigenvalue weighted by Crippen LogP contribution is -2.38. The molecular weight excluding hydrogens is 861 g/mol. The highest BCUT2D eigenvalue weighted by atomic mass is 16.5. The Morgan fingerprint density at radius 2 is 1.54 bits per heavy atom. The molecule has 1 fully saturated rings. The quantitative estimate of drug-likeness (QED) is 0.0429. The third-order valence-electron chi connectivity index (χ3n) is 12.8. The predicted octanol–water partition coefficient (Wildman–Crippen LogP) is 7.35. The molecule has 0 saturated carbocycles. The molecule has 1 saturated heterocycles. The first-order chi connectivity index (χ1) is 33.0. The monoisotopic (exact) mass is 916 g/mol. The minimum Gasteiger partial charge on any atom is -0.506 e. The number of aliphatic hydroxyl groups excluding tert-OH is 1. The van der Waals surface area contributed by atoms with Crippen molar-refractivity contribution >= 4 is 22.8 Å². The number of nitrogens with zero attached hydrogens (tertiary/aromatic N) is 1. The number of phenols is 1. The van der Waals surface area contributed by atoms with Crippen molar-refractivity contribution < 1.29 is 39.5 Å². The molecule has 6 aromatic carbocycles. The first-order valence-electron chi connectivity index (χ1n) is 22.8. The second kappa shape index (κ2) is 21.6. The van der Waals surface area contributed by atoms with E-state index < -0.39 is 17.7 Å². The van der Waals surface area contributed by atoms with Crippen molar-refractivity contribution in [2.75, 3.05) is 26.7 Å². The van der Waals surface area contributed by atoms with Crippen molar-refractivity contribution in [3.05, 3.63) is 206 Å². The summed E-state index contributed by atoms with van der Waals surface area (Å²) in [5.41, 5.74) is 3.76. The fraction of sp³-hybridized carbons (Fsp3) is 0.255. The molecule has 13 heteroatoms. The average molecular weight is 917 g/mol. The van der Waals surface area contributed by atoms with E-state index in [-0.39, 0.29) is 48.0 Å². The Hall–Kier alpha value is -7.29. The van der Waals surface area contributed by atoms with E-state index in [1.165, 1.54) is 24.8 Å². The Morgan fingerprint density at radius 3 is 2.31 bits per heavy atom. The third-order valence-corrected chi connectivity index (χ3v) is 12.8. The number of benzene rings is 6. The number of fused-ring (bicyclic) bond motifs is 1. The molecule has 0 radical (unpaired) electrons. The second-order valence-electron chi connectivity index (χ2n) is 17.4. The van der Waals surface area contributed by atoms with Gasteiger partial charge in [0, 0.05) is 48.8 Å². The molecule has 1 amide bonds. The van der Waals surface area contributed by atoms with Crippen LogP contribution < -0.4 is 25.7 Å². The summed E-state index contributed by atoms with van der Waals surface area (Å²) in [6, 6.07) is 43.2. The van der Waals surface area contributed by atoms with Gasteiger partial charge in [0.1, 0.15) is 23.9 Å². The molecule has 1 aliphatic rings. The van der Waals surface area contributed by atoms with Crippen LogP contribution in [0.2, 0.25) is 0 Å². The minimum absolute atomic E-state index is 0.0801. The van der Waals surface area contributed by atoms with E-state index in [0.717, 1.165) is 54.7 Å². The number of phenolic OH excluding ortho intramolecular Hbond substituents is 1. The molecule has 2 atom stereocenters. The SMILES string of the molecule is COc1cc(CNC[C@H](O)c2ccc(O)c3[nH]c(=O)ccc23)ccc1C(=O)NCc1ccc(COc2cccc([C@@](O)(C(=O)O)c3ccccc3CC3CCN(Cc4ccccc4)CC3)c2)cc1. The largest absolute Gasteiger partial charge is 0.506 e. The molecule has 0 aliphatic carbocycles.